The highest BCUT2D eigenvalue weighted by Gasteiger charge is 2.85. The molecular formula is C24H16BrClFNO5. The van der Waals surface area contributed by atoms with Crippen LogP contribution in [0.5, 0.6) is 5.75 Å². The van der Waals surface area contributed by atoms with Crippen molar-refractivity contribution in [1.82, 2.24) is 4.98 Å². The molecule has 2 aliphatic rings. The Hall–Kier alpha value is -2.81. The molecule has 1 aliphatic carbocycles. The van der Waals surface area contributed by atoms with Crippen LogP contribution in [-0.4, -0.2) is 34.6 Å². The molecule has 1 aliphatic heterocycles. The van der Waals surface area contributed by atoms with Crippen molar-refractivity contribution in [2.45, 2.75) is 22.8 Å². The Morgan fingerprint density at radius 1 is 1.21 bits per heavy atom. The highest BCUT2D eigenvalue weighted by molar-refractivity contribution is 9.10. The first-order valence-electron chi connectivity index (χ1n) is 9.92. The van der Waals surface area contributed by atoms with Crippen molar-refractivity contribution < 1.29 is 28.6 Å². The number of aliphatic hydroxyl groups is 1. The average Bonchev–Trinajstić information content (AvgIpc) is 3.15. The van der Waals surface area contributed by atoms with Crippen molar-refractivity contribution in [3.8, 4) is 5.75 Å². The molecule has 1 aromatic heterocycles. The first-order valence-corrected chi connectivity index (χ1v) is 11.1. The van der Waals surface area contributed by atoms with Gasteiger partial charge in [0.15, 0.2) is 5.60 Å². The van der Waals surface area contributed by atoms with Gasteiger partial charge in [-0.05, 0) is 17.7 Å². The number of esters is 1. The van der Waals surface area contributed by atoms with Crippen LogP contribution < -0.4 is 4.74 Å². The molecule has 33 heavy (non-hydrogen) atoms. The summed E-state index contributed by atoms with van der Waals surface area (Å²) in [6.07, 6.45) is 1.22. The predicted octanol–water partition coefficient (Wildman–Crippen LogP) is 4.22. The summed E-state index contributed by atoms with van der Waals surface area (Å²) < 4.78 is 28.6. The number of ether oxygens (including phenoxy) is 2. The third-order valence-electron chi connectivity index (χ3n) is 6.32. The van der Waals surface area contributed by atoms with Crippen LogP contribution in [0.15, 0.2) is 71.3 Å². The van der Waals surface area contributed by atoms with E-state index in [-0.39, 0.29) is 27.6 Å². The number of ketones is 1. The molecule has 5 rings (SSSR count). The third kappa shape index (κ3) is 2.65. The number of carbonyl (C=O) groups is 2. The topological polar surface area (TPSA) is 85.7 Å². The Labute approximate surface area is 201 Å². The van der Waals surface area contributed by atoms with Crippen molar-refractivity contribution >= 4 is 39.3 Å². The Morgan fingerprint density at radius 2 is 1.88 bits per heavy atom. The lowest BCUT2D eigenvalue weighted by molar-refractivity contribution is -0.164. The van der Waals surface area contributed by atoms with Crippen molar-refractivity contribution in [2.75, 3.05) is 7.11 Å². The number of aromatic nitrogens is 1. The lowest BCUT2D eigenvalue weighted by Gasteiger charge is -2.39. The Balaban J connectivity index is 1.92. The van der Waals surface area contributed by atoms with Gasteiger partial charge < -0.3 is 14.6 Å². The van der Waals surface area contributed by atoms with Crippen LogP contribution in [-0.2, 0) is 25.5 Å². The number of benzene rings is 2. The minimum Gasteiger partial charge on any atom is -0.476 e. The van der Waals surface area contributed by atoms with Gasteiger partial charge in [-0.3, -0.25) is 9.78 Å². The number of rotatable bonds is 3. The van der Waals surface area contributed by atoms with E-state index in [1.54, 1.807) is 54.6 Å². The molecule has 168 valence electrons. The maximum atomic E-state index is 16.9. The number of Topliss-reactive ketones (excluding diaryl/α,β-unsaturated/α-hetero) is 1. The van der Waals surface area contributed by atoms with Gasteiger partial charge in [0.1, 0.15) is 11.4 Å². The number of fused-ring (bicyclic) bond motifs is 3. The van der Waals surface area contributed by atoms with Crippen LogP contribution >= 0.6 is 27.5 Å². The van der Waals surface area contributed by atoms with E-state index in [2.05, 4.69) is 20.9 Å². The molecule has 2 aromatic carbocycles. The van der Waals surface area contributed by atoms with Gasteiger partial charge in [0, 0.05) is 22.3 Å². The highest BCUT2D eigenvalue weighted by Crippen LogP contribution is 2.68. The summed E-state index contributed by atoms with van der Waals surface area (Å²) in [4.78, 5) is 30.8. The summed E-state index contributed by atoms with van der Waals surface area (Å²) in [5.41, 5.74) is -7.68. The number of carbonyl (C=O) groups excluding carboxylic acids is 2. The van der Waals surface area contributed by atoms with Gasteiger partial charge >= 0.3 is 5.97 Å². The van der Waals surface area contributed by atoms with Gasteiger partial charge in [0.25, 0.3) is 5.67 Å². The predicted molar refractivity (Wildman–Crippen MR) is 120 cm³/mol. The Morgan fingerprint density at radius 3 is 2.52 bits per heavy atom. The lowest BCUT2D eigenvalue weighted by atomic mass is 9.71. The second kappa shape index (κ2) is 7.35. The first-order chi connectivity index (χ1) is 15.7. The number of halogens is 3. The van der Waals surface area contributed by atoms with Crippen molar-refractivity contribution in [3.05, 3.63) is 93.2 Å². The molecule has 1 unspecified atom stereocenters. The van der Waals surface area contributed by atoms with Crippen molar-refractivity contribution in [3.63, 3.8) is 0 Å². The molecule has 4 atom stereocenters. The minimum absolute atomic E-state index is 0.0223. The third-order valence-corrected chi connectivity index (χ3v) is 7.06. The van der Waals surface area contributed by atoms with Gasteiger partial charge in [0.2, 0.25) is 11.4 Å². The van der Waals surface area contributed by atoms with Gasteiger partial charge in [-0.1, -0.05) is 70.0 Å². The van der Waals surface area contributed by atoms with E-state index in [1.807, 2.05) is 0 Å². The summed E-state index contributed by atoms with van der Waals surface area (Å²) in [7, 11) is 0.982. The van der Waals surface area contributed by atoms with Gasteiger partial charge in [0.05, 0.1) is 18.1 Å². The first kappa shape index (κ1) is 22.0. The lowest BCUT2D eigenvalue weighted by Crippen LogP contribution is -2.51. The van der Waals surface area contributed by atoms with E-state index in [1.165, 1.54) is 12.3 Å². The van der Waals surface area contributed by atoms with Gasteiger partial charge in [-0.15, -0.1) is 0 Å². The van der Waals surface area contributed by atoms with Crippen LogP contribution in [0.1, 0.15) is 22.7 Å². The molecule has 0 amide bonds. The summed E-state index contributed by atoms with van der Waals surface area (Å²) in [6.45, 7) is 0. The van der Waals surface area contributed by atoms with Crippen molar-refractivity contribution in [2.24, 2.45) is 0 Å². The quantitative estimate of drug-likeness (QED) is 0.402. The highest BCUT2D eigenvalue weighted by atomic mass is 79.9. The largest absolute Gasteiger partial charge is 0.476 e. The Bertz CT molecular complexity index is 1290. The molecule has 1 saturated carbocycles. The van der Waals surface area contributed by atoms with E-state index in [0.717, 1.165) is 7.11 Å². The van der Waals surface area contributed by atoms with Crippen LogP contribution in [0.3, 0.4) is 0 Å². The van der Waals surface area contributed by atoms with Gasteiger partial charge in [-0.25, -0.2) is 9.18 Å². The van der Waals surface area contributed by atoms with E-state index in [9.17, 15) is 14.7 Å². The summed E-state index contributed by atoms with van der Waals surface area (Å²) in [5.74, 6) is -4.42. The van der Waals surface area contributed by atoms with Crippen molar-refractivity contribution in [1.29, 1.82) is 0 Å². The molecule has 6 nitrogen and oxygen atoms in total. The SMILES string of the molecule is COC(=O)C1(F)C(=O)[C@@]2(O)c3ncc(Cl)cc3O[C@@]2(c2ccc(Br)cc2)[C@@H]1c1ccccc1. The zero-order valence-electron chi connectivity index (χ0n) is 17.1. The molecule has 2 heterocycles. The molecule has 1 fully saturated rings. The summed E-state index contributed by atoms with van der Waals surface area (Å²) in [6, 6.07) is 16.0. The number of pyridine rings is 1. The number of nitrogens with zero attached hydrogens (tertiary/aromatic N) is 1. The molecule has 0 saturated heterocycles. The normalized spacial score (nSPS) is 29.8. The zero-order chi connectivity index (χ0) is 23.6. The fourth-order valence-corrected chi connectivity index (χ4v) is 5.43. The fraction of sp³-hybridized carbons (Fsp3) is 0.208. The summed E-state index contributed by atoms with van der Waals surface area (Å²) >= 11 is 9.45. The van der Waals surface area contributed by atoms with Crippen LogP contribution in [0.25, 0.3) is 0 Å². The number of hydrogen-bond acceptors (Lipinski definition) is 6. The fourth-order valence-electron chi connectivity index (χ4n) is 5.01. The second-order valence-electron chi connectivity index (χ2n) is 7.93. The molecule has 0 bridgehead atoms. The molecule has 1 N–H and O–H groups in total. The molecular weight excluding hydrogens is 517 g/mol. The smallest absolute Gasteiger partial charge is 0.352 e. The molecule has 3 aromatic rings. The average molecular weight is 533 g/mol. The maximum absolute atomic E-state index is 16.9. The standard InChI is InChI=1S/C24H16BrClFNO5/c1-32-21(30)22(27)18(13-5-3-2-4-6-13)24(14-7-9-15(25)10-8-14)23(31,20(22)29)19-17(33-24)11-16(26)12-28-19/h2-12,18,31H,1H3/t18-,22?,23+,24+/m1/s1. The van der Waals surface area contributed by atoms with E-state index in [0.29, 0.717) is 4.47 Å². The number of methoxy groups -OCH3 is 1. The zero-order valence-corrected chi connectivity index (χ0v) is 19.4. The van der Waals surface area contributed by atoms with E-state index < -0.39 is 34.5 Å². The maximum Gasteiger partial charge on any atom is 0.352 e. The van der Waals surface area contributed by atoms with Crippen LogP contribution in [0.4, 0.5) is 4.39 Å². The minimum atomic E-state index is -3.27. The molecule has 0 radical (unpaired) electrons. The number of hydrogen-bond donors (Lipinski definition) is 1. The Kier molecular flexibility index (Phi) is 4.90. The monoisotopic (exact) mass is 531 g/mol. The van der Waals surface area contributed by atoms with E-state index in [4.69, 9.17) is 21.1 Å². The van der Waals surface area contributed by atoms with Crippen LogP contribution in [0.2, 0.25) is 5.02 Å². The second-order valence-corrected chi connectivity index (χ2v) is 9.28. The molecule has 0 spiro atoms. The van der Waals surface area contributed by atoms with E-state index >= 15 is 4.39 Å². The molecule has 9 heteroatoms. The van der Waals surface area contributed by atoms with Gasteiger partial charge in [-0.2, -0.15) is 0 Å². The summed E-state index contributed by atoms with van der Waals surface area (Å²) in [5, 5.41) is 12.3. The van der Waals surface area contributed by atoms with Crippen LogP contribution in [0, 0.1) is 0 Å². The number of alkyl halides is 1.